The first-order chi connectivity index (χ1) is 11.1. The van der Waals surface area contributed by atoms with Crippen LogP contribution in [0.3, 0.4) is 0 Å². The molecule has 1 aliphatic rings. The number of anilines is 1. The summed E-state index contributed by atoms with van der Waals surface area (Å²) < 4.78 is 0. The van der Waals surface area contributed by atoms with Gasteiger partial charge in [-0.1, -0.05) is 55.5 Å². The van der Waals surface area contributed by atoms with Crippen molar-refractivity contribution in [1.29, 1.82) is 0 Å². The number of rotatable bonds is 4. The van der Waals surface area contributed by atoms with Gasteiger partial charge in [0.05, 0.1) is 16.2 Å². The summed E-state index contributed by atoms with van der Waals surface area (Å²) in [7, 11) is 0. The fraction of sp³-hybridized carbons (Fsp3) is 0.158. The third-order valence-electron chi connectivity index (χ3n) is 3.75. The summed E-state index contributed by atoms with van der Waals surface area (Å²) in [6.45, 7) is 3.89. The van der Waals surface area contributed by atoms with Crippen LogP contribution in [-0.4, -0.2) is 17.6 Å². The summed E-state index contributed by atoms with van der Waals surface area (Å²) in [6, 6.07) is 16.9. The molecule has 2 aromatic rings. The number of thioether (sulfide) groups is 1. The number of benzene rings is 2. The molecule has 0 bridgehead atoms. The molecule has 1 aliphatic heterocycles. The molecule has 0 aromatic heterocycles. The number of hydrogen-bond donors (Lipinski definition) is 0. The number of nitrogens with zero attached hydrogens (tertiary/aromatic N) is 1. The first-order valence-electron chi connectivity index (χ1n) is 7.52. The van der Waals surface area contributed by atoms with Gasteiger partial charge in [-0.15, -0.1) is 11.8 Å². The average Bonchev–Trinajstić information content (AvgIpc) is 2.80. The van der Waals surface area contributed by atoms with Crippen LogP contribution in [0, 0.1) is 6.92 Å². The Labute approximate surface area is 140 Å². The van der Waals surface area contributed by atoms with Crippen LogP contribution in [0.15, 0.2) is 59.5 Å². The molecule has 0 radical (unpaired) electrons. The van der Waals surface area contributed by atoms with Gasteiger partial charge in [-0.05, 0) is 29.9 Å². The van der Waals surface area contributed by atoms with Crippen molar-refractivity contribution in [2.75, 3.05) is 10.7 Å². The van der Waals surface area contributed by atoms with E-state index in [0.717, 1.165) is 16.9 Å². The lowest BCUT2D eigenvalue weighted by atomic mass is 10.1. The highest BCUT2D eigenvalue weighted by Crippen LogP contribution is 2.38. The second kappa shape index (κ2) is 6.42. The maximum Gasteiger partial charge on any atom is 0.272 e. The van der Waals surface area contributed by atoms with Gasteiger partial charge in [0.25, 0.3) is 11.8 Å². The number of amides is 2. The summed E-state index contributed by atoms with van der Waals surface area (Å²) in [4.78, 5) is 27.7. The standard InChI is InChI=1S/C19H17NO2S/c1-3-23-17-16(14-10-5-4-6-11-14)18(21)20(19(17)22)15-12-8-7-9-13(15)2/h4-12H,3H2,1-2H3. The van der Waals surface area contributed by atoms with E-state index in [0.29, 0.717) is 16.2 Å². The molecule has 0 saturated carbocycles. The zero-order valence-corrected chi connectivity index (χ0v) is 13.9. The zero-order valence-electron chi connectivity index (χ0n) is 13.1. The molecule has 0 spiro atoms. The Balaban J connectivity index is 2.12. The Bertz CT molecular complexity index is 796. The third-order valence-corrected chi connectivity index (χ3v) is 4.70. The molecule has 0 fully saturated rings. The topological polar surface area (TPSA) is 37.4 Å². The highest BCUT2D eigenvalue weighted by atomic mass is 32.2. The lowest BCUT2D eigenvalue weighted by molar-refractivity contribution is -0.119. The third kappa shape index (κ3) is 2.70. The molecule has 0 saturated heterocycles. The van der Waals surface area contributed by atoms with E-state index in [2.05, 4.69) is 0 Å². The van der Waals surface area contributed by atoms with E-state index >= 15 is 0 Å². The van der Waals surface area contributed by atoms with Crippen LogP contribution in [-0.2, 0) is 9.59 Å². The molecule has 0 atom stereocenters. The molecule has 3 nitrogen and oxygen atoms in total. The molecule has 0 N–H and O–H groups in total. The number of hydrogen-bond acceptors (Lipinski definition) is 3. The van der Waals surface area contributed by atoms with Crippen LogP contribution in [0.4, 0.5) is 5.69 Å². The number of carbonyl (C=O) groups is 2. The Hall–Kier alpha value is -2.33. The van der Waals surface area contributed by atoms with Gasteiger partial charge in [0.15, 0.2) is 0 Å². The van der Waals surface area contributed by atoms with Crippen molar-refractivity contribution >= 4 is 34.8 Å². The van der Waals surface area contributed by atoms with Crippen molar-refractivity contribution in [1.82, 2.24) is 0 Å². The van der Waals surface area contributed by atoms with Gasteiger partial charge in [0.1, 0.15) is 0 Å². The minimum Gasteiger partial charge on any atom is -0.268 e. The number of para-hydroxylation sites is 1. The highest BCUT2D eigenvalue weighted by molar-refractivity contribution is 8.04. The van der Waals surface area contributed by atoms with Gasteiger partial charge >= 0.3 is 0 Å². The summed E-state index contributed by atoms with van der Waals surface area (Å²) >= 11 is 1.43. The quantitative estimate of drug-likeness (QED) is 0.797. The van der Waals surface area contributed by atoms with Crippen molar-refractivity contribution in [3.05, 3.63) is 70.6 Å². The van der Waals surface area contributed by atoms with Crippen LogP contribution < -0.4 is 4.90 Å². The Kier molecular flexibility index (Phi) is 4.35. The average molecular weight is 323 g/mol. The molecule has 0 aliphatic carbocycles. The summed E-state index contributed by atoms with van der Waals surface area (Å²) in [5.41, 5.74) is 2.86. The van der Waals surface area contributed by atoms with Crippen LogP contribution in [0.1, 0.15) is 18.1 Å². The Morgan fingerprint density at radius 1 is 0.913 bits per heavy atom. The van der Waals surface area contributed by atoms with Crippen molar-refractivity contribution in [2.45, 2.75) is 13.8 Å². The smallest absolute Gasteiger partial charge is 0.268 e. The van der Waals surface area contributed by atoms with Gasteiger partial charge < -0.3 is 0 Å². The summed E-state index contributed by atoms with van der Waals surface area (Å²) in [5, 5.41) is 0. The van der Waals surface area contributed by atoms with Crippen LogP contribution >= 0.6 is 11.8 Å². The molecule has 0 unspecified atom stereocenters. The number of aryl methyl sites for hydroxylation is 1. The second-order valence-electron chi connectivity index (χ2n) is 5.24. The molecular weight excluding hydrogens is 306 g/mol. The SMILES string of the molecule is CCSC1=C(c2ccccc2)C(=O)N(c2ccccc2C)C1=O. The predicted molar refractivity (Wildman–Crippen MR) is 95.2 cm³/mol. The molecule has 1 heterocycles. The predicted octanol–water partition coefficient (Wildman–Crippen LogP) is 4.03. The number of imide groups is 1. The molecular formula is C19H17NO2S. The van der Waals surface area contributed by atoms with Gasteiger partial charge in [-0.25, -0.2) is 4.90 Å². The Morgan fingerprint density at radius 2 is 1.57 bits per heavy atom. The zero-order chi connectivity index (χ0) is 16.4. The largest absolute Gasteiger partial charge is 0.272 e. The molecule has 3 rings (SSSR count). The fourth-order valence-corrected chi connectivity index (χ4v) is 3.53. The van der Waals surface area contributed by atoms with Gasteiger partial charge in [-0.2, -0.15) is 0 Å². The lowest BCUT2D eigenvalue weighted by Crippen LogP contribution is -2.31. The summed E-state index contributed by atoms with van der Waals surface area (Å²) in [5.74, 6) is 0.271. The molecule has 116 valence electrons. The number of carbonyl (C=O) groups excluding carboxylic acids is 2. The van der Waals surface area contributed by atoms with Gasteiger partial charge in [0, 0.05) is 0 Å². The van der Waals surface area contributed by atoms with Crippen molar-refractivity contribution in [2.24, 2.45) is 0 Å². The monoisotopic (exact) mass is 323 g/mol. The van der Waals surface area contributed by atoms with E-state index in [9.17, 15) is 9.59 Å². The van der Waals surface area contributed by atoms with E-state index in [1.54, 1.807) is 0 Å². The molecule has 2 amide bonds. The normalized spacial score (nSPS) is 14.8. The maximum absolute atomic E-state index is 13.0. The Morgan fingerprint density at radius 3 is 2.22 bits per heavy atom. The lowest BCUT2D eigenvalue weighted by Gasteiger charge is -2.17. The van der Waals surface area contributed by atoms with E-state index in [4.69, 9.17) is 0 Å². The highest BCUT2D eigenvalue weighted by Gasteiger charge is 2.40. The van der Waals surface area contributed by atoms with E-state index in [1.165, 1.54) is 16.7 Å². The van der Waals surface area contributed by atoms with Crippen molar-refractivity contribution in [3.63, 3.8) is 0 Å². The minimum atomic E-state index is -0.244. The van der Waals surface area contributed by atoms with E-state index in [-0.39, 0.29) is 11.8 Å². The van der Waals surface area contributed by atoms with E-state index < -0.39 is 0 Å². The van der Waals surface area contributed by atoms with Gasteiger partial charge in [-0.3, -0.25) is 9.59 Å². The van der Waals surface area contributed by atoms with Crippen LogP contribution in [0.2, 0.25) is 0 Å². The molecule has 4 heteroatoms. The van der Waals surface area contributed by atoms with E-state index in [1.807, 2.05) is 68.4 Å². The summed E-state index contributed by atoms with van der Waals surface area (Å²) in [6.07, 6.45) is 0. The maximum atomic E-state index is 13.0. The molecule has 23 heavy (non-hydrogen) atoms. The minimum absolute atomic E-state index is 0.227. The van der Waals surface area contributed by atoms with Gasteiger partial charge in [0.2, 0.25) is 0 Å². The van der Waals surface area contributed by atoms with Crippen molar-refractivity contribution < 1.29 is 9.59 Å². The first-order valence-corrected chi connectivity index (χ1v) is 8.50. The van der Waals surface area contributed by atoms with Crippen LogP contribution in [0.25, 0.3) is 5.57 Å². The second-order valence-corrected chi connectivity index (χ2v) is 6.51. The van der Waals surface area contributed by atoms with Crippen LogP contribution in [0.5, 0.6) is 0 Å². The fourth-order valence-electron chi connectivity index (χ4n) is 2.68. The first kappa shape index (κ1) is 15.6. The molecule has 2 aromatic carbocycles. The van der Waals surface area contributed by atoms with Crippen molar-refractivity contribution in [3.8, 4) is 0 Å².